The topological polar surface area (TPSA) is 65.4 Å². The van der Waals surface area contributed by atoms with Gasteiger partial charge in [-0.25, -0.2) is 4.98 Å². The third-order valence-corrected chi connectivity index (χ3v) is 6.06. The molecular formula is C23H18ClN3O3S. The van der Waals surface area contributed by atoms with Crippen molar-refractivity contribution in [1.82, 2.24) is 9.55 Å². The molecule has 0 aliphatic carbocycles. The molecule has 3 aromatic carbocycles. The molecule has 2 heterocycles. The van der Waals surface area contributed by atoms with Gasteiger partial charge in [-0.3, -0.25) is 4.79 Å². The highest BCUT2D eigenvalue weighted by molar-refractivity contribution is 7.99. The number of rotatable bonds is 6. The zero-order valence-corrected chi connectivity index (χ0v) is 17.9. The highest BCUT2D eigenvalue weighted by Gasteiger charge is 2.16. The fourth-order valence-corrected chi connectivity index (χ4v) is 4.39. The van der Waals surface area contributed by atoms with E-state index in [4.69, 9.17) is 26.1 Å². The number of amides is 1. The number of fused-ring (bicyclic) bond motifs is 2. The lowest BCUT2D eigenvalue weighted by Crippen LogP contribution is -2.14. The van der Waals surface area contributed by atoms with Gasteiger partial charge in [0, 0.05) is 16.8 Å². The normalized spacial score (nSPS) is 12.3. The van der Waals surface area contributed by atoms with Crippen LogP contribution in [0.15, 0.2) is 71.9 Å². The Morgan fingerprint density at radius 2 is 1.90 bits per heavy atom. The van der Waals surface area contributed by atoms with Crippen molar-refractivity contribution in [2.45, 2.75) is 11.7 Å². The van der Waals surface area contributed by atoms with E-state index >= 15 is 0 Å². The number of nitrogens with one attached hydrogen (secondary N) is 1. The molecular weight excluding hydrogens is 434 g/mol. The summed E-state index contributed by atoms with van der Waals surface area (Å²) >= 11 is 7.55. The number of imidazole rings is 1. The molecule has 8 heteroatoms. The van der Waals surface area contributed by atoms with E-state index in [-0.39, 0.29) is 18.5 Å². The minimum absolute atomic E-state index is 0.125. The first-order valence-corrected chi connectivity index (χ1v) is 11.0. The van der Waals surface area contributed by atoms with Crippen molar-refractivity contribution in [3.63, 3.8) is 0 Å². The average Bonchev–Trinajstić information content (AvgIpc) is 3.37. The van der Waals surface area contributed by atoms with Crippen LogP contribution in [0.1, 0.15) is 5.56 Å². The minimum atomic E-state index is -0.125. The van der Waals surface area contributed by atoms with Crippen LogP contribution in [0.5, 0.6) is 11.5 Å². The molecule has 0 radical (unpaired) electrons. The Balaban J connectivity index is 1.34. The molecule has 0 saturated carbocycles. The standard InChI is InChI=1S/C23H18ClN3O3S/c24-16-6-8-19-18(10-16)26-23(27(19)12-15-4-2-1-3-5-15)31-13-22(28)25-17-7-9-20-21(11-17)30-14-29-20/h1-11H,12-14H2,(H,25,28). The van der Waals surface area contributed by atoms with E-state index in [0.717, 1.165) is 21.8 Å². The summed E-state index contributed by atoms with van der Waals surface area (Å²) in [6, 6.07) is 21.2. The molecule has 6 nitrogen and oxygen atoms in total. The van der Waals surface area contributed by atoms with Crippen molar-refractivity contribution in [3.8, 4) is 11.5 Å². The van der Waals surface area contributed by atoms with Crippen LogP contribution >= 0.6 is 23.4 Å². The Morgan fingerprint density at radius 3 is 2.77 bits per heavy atom. The number of aromatic nitrogens is 2. The second-order valence-electron chi connectivity index (χ2n) is 7.00. The average molecular weight is 452 g/mol. The number of carbonyl (C=O) groups excluding carboxylic acids is 1. The maximum atomic E-state index is 12.6. The van der Waals surface area contributed by atoms with E-state index in [1.807, 2.05) is 36.4 Å². The summed E-state index contributed by atoms with van der Waals surface area (Å²) in [6.07, 6.45) is 0. The summed E-state index contributed by atoms with van der Waals surface area (Å²) in [4.78, 5) is 17.3. The molecule has 0 spiro atoms. The number of nitrogens with zero attached hydrogens (tertiary/aromatic N) is 2. The first-order chi connectivity index (χ1) is 15.2. The maximum Gasteiger partial charge on any atom is 0.234 e. The lowest BCUT2D eigenvalue weighted by atomic mass is 10.2. The number of thioether (sulfide) groups is 1. The third kappa shape index (κ3) is 4.33. The zero-order chi connectivity index (χ0) is 21.2. The summed E-state index contributed by atoms with van der Waals surface area (Å²) in [5.41, 5.74) is 3.61. The number of hydrogen-bond acceptors (Lipinski definition) is 5. The van der Waals surface area contributed by atoms with Crippen LogP contribution in [0.25, 0.3) is 11.0 Å². The quantitative estimate of drug-likeness (QED) is 0.408. The summed E-state index contributed by atoms with van der Waals surface area (Å²) in [6.45, 7) is 0.856. The van der Waals surface area contributed by atoms with Gasteiger partial charge < -0.3 is 19.4 Å². The monoisotopic (exact) mass is 451 g/mol. The zero-order valence-electron chi connectivity index (χ0n) is 16.4. The van der Waals surface area contributed by atoms with E-state index in [9.17, 15) is 4.79 Å². The fraction of sp³-hybridized carbons (Fsp3) is 0.130. The van der Waals surface area contributed by atoms with Crippen LogP contribution < -0.4 is 14.8 Å². The van der Waals surface area contributed by atoms with Gasteiger partial charge in [-0.15, -0.1) is 0 Å². The van der Waals surface area contributed by atoms with Gasteiger partial charge in [0.2, 0.25) is 12.7 Å². The first-order valence-electron chi connectivity index (χ1n) is 9.68. The Bertz CT molecular complexity index is 1260. The Labute approximate surface area is 188 Å². The van der Waals surface area contributed by atoms with Crippen molar-refractivity contribution in [1.29, 1.82) is 0 Å². The second-order valence-corrected chi connectivity index (χ2v) is 8.38. The molecule has 1 N–H and O–H groups in total. The van der Waals surface area contributed by atoms with Gasteiger partial charge >= 0.3 is 0 Å². The fourth-order valence-electron chi connectivity index (χ4n) is 3.41. The molecule has 0 saturated heterocycles. The molecule has 0 bridgehead atoms. The van der Waals surface area contributed by atoms with E-state index in [0.29, 0.717) is 28.8 Å². The van der Waals surface area contributed by atoms with Gasteiger partial charge in [-0.2, -0.15) is 0 Å². The summed E-state index contributed by atoms with van der Waals surface area (Å²) < 4.78 is 12.8. The van der Waals surface area contributed by atoms with Crippen LogP contribution in [0.2, 0.25) is 5.02 Å². The summed E-state index contributed by atoms with van der Waals surface area (Å²) in [5, 5.41) is 4.30. The van der Waals surface area contributed by atoms with Crippen LogP contribution in [-0.2, 0) is 11.3 Å². The van der Waals surface area contributed by atoms with E-state index in [2.05, 4.69) is 22.0 Å². The smallest absolute Gasteiger partial charge is 0.234 e. The van der Waals surface area contributed by atoms with Gasteiger partial charge in [-0.05, 0) is 35.9 Å². The number of hydrogen-bond donors (Lipinski definition) is 1. The molecule has 4 aromatic rings. The van der Waals surface area contributed by atoms with Crippen molar-refractivity contribution in [2.75, 3.05) is 17.9 Å². The molecule has 0 atom stereocenters. The van der Waals surface area contributed by atoms with Gasteiger partial charge in [0.1, 0.15) is 0 Å². The molecule has 0 unspecified atom stereocenters. The molecule has 1 aliphatic rings. The predicted molar refractivity (Wildman–Crippen MR) is 122 cm³/mol. The summed E-state index contributed by atoms with van der Waals surface area (Å²) in [7, 11) is 0. The Kier molecular flexibility index (Phi) is 5.44. The number of ether oxygens (including phenoxy) is 2. The van der Waals surface area contributed by atoms with Gasteiger partial charge in [0.15, 0.2) is 16.7 Å². The third-order valence-electron chi connectivity index (χ3n) is 4.85. The summed E-state index contributed by atoms with van der Waals surface area (Å²) in [5.74, 6) is 1.41. The largest absolute Gasteiger partial charge is 0.454 e. The second kappa shape index (κ2) is 8.53. The Morgan fingerprint density at radius 1 is 1.06 bits per heavy atom. The molecule has 31 heavy (non-hydrogen) atoms. The van der Waals surface area contributed by atoms with Crippen molar-refractivity contribution in [2.24, 2.45) is 0 Å². The lowest BCUT2D eigenvalue weighted by Gasteiger charge is -2.10. The van der Waals surface area contributed by atoms with Crippen molar-refractivity contribution >= 4 is 46.0 Å². The lowest BCUT2D eigenvalue weighted by molar-refractivity contribution is -0.113. The molecule has 0 fully saturated rings. The van der Waals surface area contributed by atoms with Crippen molar-refractivity contribution < 1.29 is 14.3 Å². The van der Waals surface area contributed by atoms with Gasteiger partial charge in [-0.1, -0.05) is 53.7 Å². The van der Waals surface area contributed by atoms with Crippen LogP contribution in [-0.4, -0.2) is 28.0 Å². The minimum Gasteiger partial charge on any atom is -0.454 e. The highest BCUT2D eigenvalue weighted by atomic mass is 35.5. The van der Waals surface area contributed by atoms with Crippen LogP contribution in [0.4, 0.5) is 5.69 Å². The van der Waals surface area contributed by atoms with E-state index in [1.54, 1.807) is 18.2 Å². The molecule has 156 valence electrons. The van der Waals surface area contributed by atoms with E-state index in [1.165, 1.54) is 11.8 Å². The van der Waals surface area contributed by atoms with Crippen LogP contribution in [0.3, 0.4) is 0 Å². The predicted octanol–water partition coefficient (Wildman–Crippen LogP) is 5.20. The number of carbonyl (C=O) groups is 1. The maximum absolute atomic E-state index is 12.6. The van der Waals surface area contributed by atoms with Gasteiger partial charge in [0.25, 0.3) is 0 Å². The molecule has 1 aliphatic heterocycles. The number of halogens is 1. The number of benzene rings is 3. The number of anilines is 1. The van der Waals surface area contributed by atoms with E-state index < -0.39 is 0 Å². The SMILES string of the molecule is O=C(CSc1nc2cc(Cl)ccc2n1Cc1ccccc1)Nc1ccc2c(c1)OCO2. The molecule has 1 amide bonds. The first kappa shape index (κ1) is 19.8. The highest BCUT2D eigenvalue weighted by Crippen LogP contribution is 2.34. The van der Waals surface area contributed by atoms with Crippen molar-refractivity contribution in [3.05, 3.63) is 77.3 Å². The van der Waals surface area contributed by atoms with Gasteiger partial charge in [0.05, 0.1) is 23.3 Å². The Hall–Kier alpha value is -3.16. The molecule has 1 aromatic heterocycles. The molecule has 5 rings (SSSR count). The van der Waals surface area contributed by atoms with Crippen LogP contribution in [0, 0.1) is 0 Å².